The average molecular weight is 399 g/mol. The summed E-state index contributed by atoms with van der Waals surface area (Å²) in [6, 6.07) is 10.2. The quantitative estimate of drug-likeness (QED) is 0.551. The van der Waals surface area contributed by atoms with Gasteiger partial charge in [0, 0.05) is 13.1 Å². The van der Waals surface area contributed by atoms with Gasteiger partial charge >= 0.3 is 0 Å². The van der Waals surface area contributed by atoms with Crippen LogP contribution in [-0.2, 0) is 6.54 Å². The van der Waals surface area contributed by atoms with E-state index in [1.54, 1.807) is 6.26 Å². The van der Waals surface area contributed by atoms with E-state index in [4.69, 9.17) is 18.9 Å². The fourth-order valence-electron chi connectivity index (χ4n) is 3.87. The summed E-state index contributed by atoms with van der Waals surface area (Å²) in [6.07, 6.45) is 5.56. The minimum atomic E-state index is 0.208. The average Bonchev–Trinajstić information content (AvgIpc) is 3.44. The van der Waals surface area contributed by atoms with Gasteiger partial charge in [0.25, 0.3) is 0 Å². The summed E-state index contributed by atoms with van der Waals surface area (Å²) >= 11 is 0. The van der Waals surface area contributed by atoms with E-state index in [0.29, 0.717) is 6.54 Å². The molecule has 0 aliphatic carbocycles. The van der Waals surface area contributed by atoms with Crippen molar-refractivity contribution in [1.82, 2.24) is 15.5 Å². The van der Waals surface area contributed by atoms with Crippen LogP contribution in [0, 0.1) is 0 Å². The fourth-order valence-corrected chi connectivity index (χ4v) is 3.87. The van der Waals surface area contributed by atoms with E-state index in [1.807, 2.05) is 24.3 Å². The number of nitrogens with zero attached hydrogens (tertiary/aromatic N) is 2. The Morgan fingerprint density at radius 3 is 2.76 bits per heavy atom. The summed E-state index contributed by atoms with van der Waals surface area (Å²) in [7, 11) is 0. The first-order valence-electron chi connectivity index (χ1n) is 10.5. The molecule has 2 N–H and O–H groups in total. The lowest BCUT2D eigenvalue weighted by atomic mass is 10.1. The van der Waals surface area contributed by atoms with Crippen molar-refractivity contribution in [2.45, 2.75) is 38.8 Å². The van der Waals surface area contributed by atoms with Crippen molar-refractivity contribution < 1.29 is 13.9 Å². The van der Waals surface area contributed by atoms with Crippen LogP contribution in [0.1, 0.15) is 43.6 Å². The lowest BCUT2D eigenvalue weighted by molar-refractivity contribution is 0.146. The first kappa shape index (κ1) is 19.6. The number of nitrogens with one attached hydrogen (secondary N) is 2. The van der Waals surface area contributed by atoms with Gasteiger partial charge in [-0.25, -0.2) is 4.99 Å². The predicted molar refractivity (Wildman–Crippen MR) is 112 cm³/mol. The highest BCUT2D eigenvalue weighted by Gasteiger charge is 2.24. The van der Waals surface area contributed by atoms with E-state index >= 15 is 0 Å². The van der Waals surface area contributed by atoms with Gasteiger partial charge in [0.15, 0.2) is 17.5 Å². The van der Waals surface area contributed by atoms with Crippen LogP contribution in [0.3, 0.4) is 0 Å². The summed E-state index contributed by atoms with van der Waals surface area (Å²) in [5.41, 5.74) is 1.09. The standard InChI is InChI=1S/C22H30N4O3/c1-2-23-22(24-14-17-8-9-20-21(13-17)29-16-28-20)25-15-18(19-7-6-12-27-19)26-10-4-3-5-11-26/h6-9,12-13,18H,2-5,10-11,14-16H2,1H3,(H2,23,24,25). The van der Waals surface area contributed by atoms with Gasteiger partial charge in [0.2, 0.25) is 6.79 Å². The number of aliphatic imine (C=N–C) groups is 1. The van der Waals surface area contributed by atoms with Crippen LogP contribution in [0.25, 0.3) is 0 Å². The molecule has 0 amide bonds. The molecule has 7 heteroatoms. The van der Waals surface area contributed by atoms with Gasteiger partial charge in [0.1, 0.15) is 5.76 Å². The van der Waals surface area contributed by atoms with Crippen molar-refractivity contribution in [3.8, 4) is 11.5 Å². The number of benzene rings is 1. The molecule has 1 unspecified atom stereocenters. The topological polar surface area (TPSA) is 71.3 Å². The molecule has 2 aliphatic rings. The Morgan fingerprint density at radius 2 is 1.97 bits per heavy atom. The summed E-state index contributed by atoms with van der Waals surface area (Å²) in [6.45, 7) is 6.71. The van der Waals surface area contributed by atoms with Gasteiger partial charge < -0.3 is 24.5 Å². The van der Waals surface area contributed by atoms with E-state index in [2.05, 4.69) is 28.5 Å². The highest BCUT2D eigenvalue weighted by atomic mass is 16.7. The van der Waals surface area contributed by atoms with E-state index in [1.165, 1.54) is 19.3 Å². The third kappa shape index (κ3) is 5.03. The Labute approximate surface area is 172 Å². The molecule has 4 rings (SSSR count). The number of piperidine rings is 1. The Bertz CT molecular complexity index is 800. The fraction of sp³-hybridized carbons (Fsp3) is 0.500. The summed E-state index contributed by atoms with van der Waals surface area (Å²) < 4.78 is 16.6. The number of likely N-dealkylation sites (tertiary alicyclic amines) is 1. The second kappa shape index (κ2) is 9.69. The number of hydrogen-bond acceptors (Lipinski definition) is 5. The van der Waals surface area contributed by atoms with Crippen LogP contribution in [0.4, 0.5) is 0 Å². The van der Waals surface area contributed by atoms with Crippen LogP contribution in [0.2, 0.25) is 0 Å². The first-order chi connectivity index (χ1) is 14.3. The van der Waals surface area contributed by atoms with Gasteiger partial charge in [-0.15, -0.1) is 0 Å². The molecule has 2 aromatic rings. The smallest absolute Gasteiger partial charge is 0.231 e. The molecule has 7 nitrogen and oxygen atoms in total. The summed E-state index contributed by atoms with van der Waals surface area (Å²) in [5, 5.41) is 6.85. The number of hydrogen-bond donors (Lipinski definition) is 2. The Kier molecular flexibility index (Phi) is 6.56. The highest BCUT2D eigenvalue weighted by molar-refractivity contribution is 5.79. The molecular formula is C22H30N4O3. The molecule has 0 saturated carbocycles. The molecule has 0 spiro atoms. The molecule has 1 fully saturated rings. The van der Waals surface area contributed by atoms with E-state index < -0.39 is 0 Å². The van der Waals surface area contributed by atoms with E-state index in [9.17, 15) is 0 Å². The van der Waals surface area contributed by atoms with Crippen molar-refractivity contribution in [2.24, 2.45) is 4.99 Å². The molecule has 0 bridgehead atoms. The van der Waals surface area contributed by atoms with Gasteiger partial charge in [-0.05, 0) is 62.7 Å². The van der Waals surface area contributed by atoms with Gasteiger partial charge in [-0.2, -0.15) is 0 Å². The van der Waals surface area contributed by atoms with Crippen molar-refractivity contribution in [2.75, 3.05) is 33.0 Å². The minimum absolute atomic E-state index is 0.208. The number of furan rings is 1. The lowest BCUT2D eigenvalue weighted by Crippen LogP contribution is -2.44. The second-order valence-electron chi connectivity index (χ2n) is 7.39. The maximum Gasteiger partial charge on any atom is 0.231 e. The second-order valence-corrected chi connectivity index (χ2v) is 7.39. The largest absolute Gasteiger partial charge is 0.468 e. The zero-order chi connectivity index (χ0) is 19.9. The monoisotopic (exact) mass is 398 g/mol. The molecular weight excluding hydrogens is 368 g/mol. The third-order valence-corrected chi connectivity index (χ3v) is 5.37. The Balaban J connectivity index is 1.41. The van der Waals surface area contributed by atoms with Crippen molar-refractivity contribution in [1.29, 1.82) is 0 Å². The third-order valence-electron chi connectivity index (χ3n) is 5.37. The van der Waals surface area contributed by atoms with Crippen LogP contribution >= 0.6 is 0 Å². The molecule has 29 heavy (non-hydrogen) atoms. The predicted octanol–water partition coefficient (Wildman–Crippen LogP) is 3.29. The number of fused-ring (bicyclic) bond motifs is 1. The van der Waals surface area contributed by atoms with Crippen LogP contribution in [0.5, 0.6) is 11.5 Å². The maximum absolute atomic E-state index is 5.75. The zero-order valence-corrected chi connectivity index (χ0v) is 17.0. The maximum atomic E-state index is 5.75. The normalized spacial score (nSPS) is 17.9. The Morgan fingerprint density at radius 1 is 1.10 bits per heavy atom. The highest BCUT2D eigenvalue weighted by Crippen LogP contribution is 2.32. The number of ether oxygens (including phenoxy) is 2. The molecule has 1 atom stereocenters. The van der Waals surface area contributed by atoms with Crippen LogP contribution < -0.4 is 20.1 Å². The molecule has 1 saturated heterocycles. The van der Waals surface area contributed by atoms with Crippen molar-refractivity contribution in [3.63, 3.8) is 0 Å². The molecule has 1 aromatic heterocycles. The minimum Gasteiger partial charge on any atom is -0.468 e. The number of rotatable bonds is 7. The summed E-state index contributed by atoms with van der Waals surface area (Å²) in [4.78, 5) is 7.27. The Hall–Kier alpha value is -2.67. The first-order valence-corrected chi connectivity index (χ1v) is 10.5. The lowest BCUT2D eigenvalue weighted by Gasteiger charge is -2.33. The molecule has 156 valence electrons. The SMILES string of the molecule is CCNC(=NCc1ccc2c(c1)OCO2)NCC(c1ccco1)N1CCCCC1. The number of guanidine groups is 1. The van der Waals surface area contributed by atoms with Crippen molar-refractivity contribution >= 4 is 5.96 Å². The van der Waals surface area contributed by atoms with Gasteiger partial charge in [-0.1, -0.05) is 12.5 Å². The van der Waals surface area contributed by atoms with Crippen molar-refractivity contribution in [3.05, 3.63) is 47.9 Å². The summed E-state index contributed by atoms with van der Waals surface area (Å²) in [5.74, 6) is 3.40. The zero-order valence-electron chi connectivity index (χ0n) is 17.0. The molecule has 2 aliphatic heterocycles. The van der Waals surface area contributed by atoms with Gasteiger partial charge in [0.05, 0.1) is 18.8 Å². The van der Waals surface area contributed by atoms with E-state index in [0.717, 1.165) is 55.0 Å². The molecule has 1 aromatic carbocycles. The van der Waals surface area contributed by atoms with E-state index in [-0.39, 0.29) is 12.8 Å². The van der Waals surface area contributed by atoms with Gasteiger partial charge in [-0.3, -0.25) is 4.90 Å². The van der Waals surface area contributed by atoms with Crippen LogP contribution in [0.15, 0.2) is 46.0 Å². The molecule has 0 radical (unpaired) electrons. The van der Waals surface area contributed by atoms with Crippen LogP contribution in [-0.4, -0.2) is 43.8 Å². The molecule has 3 heterocycles.